The fraction of sp³-hybridized carbons (Fsp3) is 0.400. The van der Waals surface area contributed by atoms with E-state index in [-0.39, 0.29) is 35.5 Å². The lowest BCUT2D eigenvalue weighted by molar-refractivity contribution is -0.287. The Bertz CT molecular complexity index is 1690. The zero-order chi connectivity index (χ0) is 32.2. The number of phenols is 4. The van der Waals surface area contributed by atoms with E-state index in [0.29, 0.717) is 0 Å². The van der Waals surface area contributed by atoms with Crippen LogP contribution >= 0.6 is 0 Å². The lowest BCUT2D eigenvalue weighted by atomic mass is 9.48. The molecule has 10 atom stereocenters. The van der Waals surface area contributed by atoms with Crippen molar-refractivity contribution < 1.29 is 74.9 Å². The first kappa shape index (κ1) is 28.3. The van der Waals surface area contributed by atoms with Gasteiger partial charge < -0.3 is 65.3 Å². The summed E-state index contributed by atoms with van der Waals surface area (Å²) in [6.45, 7) is 0. The predicted octanol–water partition coefficient (Wildman–Crippen LogP) is -2.33. The predicted molar refractivity (Wildman–Crippen MR) is 142 cm³/mol. The van der Waals surface area contributed by atoms with Crippen LogP contribution in [0.3, 0.4) is 0 Å². The van der Waals surface area contributed by atoms with Gasteiger partial charge in [0, 0.05) is 48.2 Å². The van der Waals surface area contributed by atoms with Gasteiger partial charge in [0.15, 0.2) is 22.8 Å². The molecular formula is C30H26O15. The van der Waals surface area contributed by atoms with Crippen LogP contribution in [-0.4, -0.2) is 110 Å². The number of carbonyl (C=O) groups is 2. The minimum atomic E-state index is -3.18. The van der Waals surface area contributed by atoms with E-state index in [4.69, 9.17) is 14.2 Å². The number of hydrogen-bond donors (Lipinski definition) is 10. The largest absolute Gasteiger partial charge is 0.508 e. The molecule has 2 saturated heterocycles. The monoisotopic (exact) mass is 626 g/mol. The zero-order valence-electron chi connectivity index (χ0n) is 22.9. The van der Waals surface area contributed by atoms with E-state index in [9.17, 15) is 60.7 Å². The number of carbonyl (C=O) groups excluding carboxylic acids is 2. The topological polar surface area (TPSA) is 264 Å². The van der Waals surface area contributed by atoms with Crippen LogP contribution in [0.2, 0.25) is 0 Å². The highest BCUT2D eigenvalue weighted by Crippen LogP contribution is 2.72. The zero-order valence-corrected chi connectivity index (χ0v) is 22.9. The molecule has 4 aliphatic heterocycles. The summed E-state index contributed by atoms with van der Waals surface area (Å²) in [5, 5.41) is 110. The summed E-state index contributed by atoms with van der Waals surface area (Å²) >= 11 is 0. The van der Waals surface area contributed by atoms with Crippen molar-refractivity contribution in [2.75, 3.05) is 0 Å². The third-order valence-electron chi connectivity index (χ3n) is 10.1. The quantitative estimate of drug-likeness (QED) is 0.168. The van der Waals surface area contributed by atoms with E-state index in [1.165, 1.54) is 0 Å². The molecule has 0 radical (unpaired) electrons. The number of hydrogen-bond acceptors (Lipinski definition) is 15. The van der Waals surface area contributed by atoms with Crippen LogP contribution in [0, 0.1) is 11.8 Å². The molecule has 2 aromatic rings. The van der Waals surface area contributed by atoms with Crippen LogP contribution in [0.25, 0.3) is 0 Å². The molecule has 2 aliphatic carbocycles. The number of rotatable bonds is 2. The Labute approximate surface area is 251 Å². The Morgan fingerprint density at radius 1 is 0.622 bits per heavy atom. The molecule has 10 N–H and O–H groups in total. The molecule has 2 bridgehead atoms. The molecule has 6 unspecified atom stereocenters. The Morgan fingerprint density at radius 3 is 1.38 bits per heavy atom. The standard InChI is InChI=1S/C30H26O15/c31-9-1-15(33)11-5-17(35)23(43-19(11)3-9)13-7-21(37)28(40)26-14(8-22(38)27(39)25(13)29(28,41)45-30(26,27)42)24-18(36)6-12-16(34)2-10(32)4-20(12)44-24/h1-4,7-8,17-18,23-26,31-36,39-42H,5-6H2/t17-,18+,23-,24+,25?,26?,27?,28?,29?,30?. The van der Waals surface area contributed by atoms with Gasteiger partial charge in [-0.15, -0.1) is 0 Å². The fourth-order valence-corrected chi connectivity index (χ4v) is 8.18. The Kier molecular flexibility index (Phi) is 5.23. The van der Waals surface area contributed by atoms with Crippen molar-refractivity contribution >= 4 is 11.6 Å². The fourth-order valence-electron chi connectivity index (χ4n) is 8.18. The molecular weight excluding hydrogens is 600 g/mol. The highest BCUT2D eigenvalue weighted by molar-refractivity contribution is 6.08. The molecule has 8 rings (SSSR count). The highest BCUT2D eigenvalue weighted by Gasteiger charge is 2.94. The SMILES string of the molecule is O=C1C=C([C@@H]2Oc3cc(O)cc(O)c3C[C@@H]2O)C2C3(O)OC4(O)C(C([C@H]5Oc6cc(O)cc(O)c6C[C@H]5O)=CC(=O)C24O)C13O. The lowest BCUT2D eigenvalue weighted by Gasteiger charge is -2.57. The van der Waals surface area contributed by atoms with Gasteiger partial charge in [-0.05, 0) is 23.3 Å². The van der Waals surface area contributed by atoms with Gasteiger partial charge in [0.05, 0.1) is 24.0 Å². The van der Waals surface area contributed by atoms with Gasteiger partial charge in [-0.3, -0.25) is 9.59 Å². The molecule has 2 aromatic carbocycles. The minimum Gasteiger partial charge on any atom is -0.508 e. The molecule has 0 aromatic heterocycles. The first-order valence-electron chi connectivity index (χ1n) is 14.0. The van der Waals surface area contributed by atoms with Gasteiger partial charge in [0.25, 0.3) is 0 Å². The van der Waals surface area contributed by atoms with E-state index >= 15 is 0 Å². The molecule has 2 fully saturated rings. The number of ketones is 2. The molecule has 4 heterocycles. The van der Waals surface area contributed by atoms with Crippen molar-refractivity contribution in [2.24, 2.45) is 11.8 Å². The van der Waals surface area contributed by atoms with E-state index in [0.717, 1.165) is 36.4 Å². The Morgan fingerprint density at radius 2 is 1.00 bits per heavy atom. The molecule has 0 spiro atoms. The molecule has 236 valence electrons. The van der Waals surface area contributed by atoms with Gasteiger partial charge in [-0.2, -0.15) is 0 Å². The molecule has 15 heteroatoms. The third-order valence-corrected chi connectivity index (χ3v) is 10.1. The second-order valence-corrected chi connectivity index (χ2v) is 12.4. The smallest absolute Gasteiger partial charge is 0.216 e. The number of fused-ring (bicyclic) bond motifs is 4. The summed E-state index contributed by atoms with van der Waals surface area (Å²) in [5.74, 6) is -14.9. The molecule has 0 amide bonds. The maximum absolute atomic E-state index is 13.9. The Balaban J connectivity index is 1.26. The van der Waals surface area contributed by atoms with Crippen molar-refractivity contribution in [2.45, 2.75) is 60.0 Å². The summed E-state index contributed by atoms with van der Waals surface area (Å²) in [5.41, 5.74) is -6.77. The number of benzene rings is 2. The van der Waals surface area contributed by atoms with Gasteiger partial charge in [-0.1, -0.05) is 0 Å². The summed E-state index contributed by atoms with van der Waals surface area (Å²) in [6.07, 6.45) is -5.36. The number of aliphatic hydroxyl groups excluding tert-OH is 2. The average Bonchev–Trinajstić information content (AvgIpc) is 3.28. The molecule has 0 saturated carbocycles. The maximum atomic E-state index is 13.9. The number of aromatic hydroxyl groups is 4. The lowest BCUT2D eigenvalue weighted by Crippen LogP contribution is -2.80. The summed E-state index contributed by atoms with van der Waals surface area (Å²) < 4.78 is 17.1. The van der Waals surface area contributed by atoms with Crippen molar-refractivity contribution in [3.8, 4) is 34.5 Å². The van der Waals surface area contributed by atoms with Crippen LogP contribution in [0.1, 0.15) is 11.1 Å². The highest BCUT2D eigenvalue weighted by atomic mass is 16.8. The first-order valence-corrected chi connectivity index (χ1v) is 14.0. The van der Waals surface area contributed by atoms with Gasteiger partial charge >= 0.3 is 0 Å². The summed E-state index contributed by atoms with van der Waals surface area (Å²) in [4.78, 5) is 27.7. The third kappa shape index (κ3) is 3.08. The Hall–Kier alpha value is -4.22. The molecule has 15 nitrogen and oxygen atoms in total. The van der Waals surface area contributed by atoms with Crippen LogP contribution in [0.5, 0.6) is 34.5 Å². The van der Waals surface area contributed by atoms with E-state index in [2.05, 4.69) is 0 Å². The average molecular weight is 627 g/mol. The van der Waals surface area contributed by atoms with Crippen LogP contribution in [0.4, 0.5) is 0 Å². The second-order valence-electron chi connectivity index (χ2n) is 12.4. The van der Waals surface area contributed by atoms with E-state index < -0.39 is 105 Å². The van der Waals surface area contributed by atoms with Crippen molar-refractivity contribution in [3.05, 3.63) is 58.7 Å². The van der Waals surface area contributed by atoms with Crippen molar-refractivity contribution in [3.63, 3.8) is 0 Å². The molecule has 45 heavy (non-hydrogen) atoms. The summed E-state index contributed by atoms with van der Waals surface area (Å²) in [7, 11) is 0. The second kappa shape index (κ2) is 8.32. The van der Waals surface area contributed by atoms with E-state index in [1.54, 1.807) is 0 Å². The van der Waals surface area contributed by atoms with Crippen molar-refractivity contribution in [1.29, 1.82) is 0 Å². The van der Waals surface area contributed by atoms with Crippen LogP contribution < -0.4 is 9.47 Å². The van der Waals surface area contributed by atoms with E-state index in [1.807, 2.05) is 0 Å². The van der Waals surface area contributed by atoms with Gasteiger partial charge in [0.1, 0.15) is 46.7 Å². The van der Waals surface area contributed by atoms with Crippen LogP contribution in [-0.2, 0) is 27.2 Å². The number of ether oxygens (including phenoxy) is 3. The number of phenolic OH excluding ortho intramolecular Hbond substituents is 4. The van der Waals surface area contributed by atoms with Gasteiger partial charge in [-0.25, -0.2) is 0 Å². The number of aliphatic hydroxyl groups is 6. The van der Waals surface area contributed by atoms with Gasteiger partial charge in [0.2, 0.25) is 11.6 Å². The first-order chi connectivity index (χ1) is 21.1. The van der Waals surface area contributed by atoms with Crippen LogP contribution in [0.15, 0.2) is 47.6 Å². The maximum Gasteiger partial charge on any atom is 0.216 e. The normalized spacial score (nSPS) is 42.3. The molecule has 6 aliphatic rings. The van der Waals surface area contributed by atoms with Crippen molar-refractivity contribution in [1.82, 2.24) is 0 Å². The minimum absolute atomic E-state index is 0.103. The summed E-state index contributed by atoms with van der Waals surface area (Å²) in [6, 6.07) is 4.28.